The van der Waals surface area contributed by atoms with Crippen molar-refractivity contribution in [1.29, 1.82) is 0 Å². The number of hydrogen-bond acceptors (Lipinski definition) is 6. The first-order valence-electron chi connectivity index (χ1n) is 9.82. The van der Waals surface area contributed by atoms with Crippen molar-refractivity contribution in [2.75, 3.05) is 32.9 Å². The number of nitrogens with one attached hydrogen (secondary N) is 1. The minimum Gasteiger partial charge on any atom is -0.394 e. The van der Waals surface area contributed by atoms with Gasteiger partial charge in [-0.05, 0) is 30.4 Å². The van der Waals surface area contributed by atoms with Gasteiger partial charge in [0, 0.05) is 38.9 Å². The van der Waals surface area contributed by atoms with Crippen LogP contribution in [0.2, 0.25) is 0 Å². The van der Waals surface area contributed by atoms with Crippen LogP contribution in [0.4, 0.5) is 0 Å². The number of nitrogens with zero attached hydrogens (tertiary/aromatic N) is 1. The third-order valence-electron chi connectivity index (χ3n) is 6.05. The third kappa shape index (κ3) is 5.18. The molecule has 1 aromatic carbocycles. The molecule has 4 atom stereocenters. The quantitative estimate of drug-likeness (QED) is 0.645. The van der Waals surface area contributed by atoms with Gasteiger partial charge in [-0.3, -0.25) is 4.90 Å². The maximum absolute atomic E-state index is 10.8. The smallest absolute Gasteiger partial charge is 0.109 e. The standard InChI is InChI=1S/C20H30N2O4.2ClH/c23-13-18-20(24)19(17(26-18)11-21-16-6-9-25-10-7-16)22-8-5-14-3-1-2-4-15(14)12-22;;/h1-4,16-21,23-24H,5-13H2;2*1H/t17-,18+,19+,20-;;/m1../s1. The van der Waals surface area contributed by atoms with Gasteiger partial charge in [-0.1, -0.05) is 24.3 Å². The van der Waals surface area contributed by atoms with Crippen molar-refractivity contribution in [1.82, 2.24) is 10.2 Å². The predicted octanol–water partition coefficient (Wildman–Crippen LogP) is 1.15. The Morgan fingerprint density at radius 3 is 2.50 bits per heavy atom. The summed E-state index contributed by atoms with van der Waals surface area (Å²) in [5.41, 5.74) is 2.72. The highest BCUT2D eigenvalue weighted by Crippen LogP contribution is 2.30. The Morgan fingerprint density at radius 2 is 1.79 bits per heavy atom. The molecule has 0 bridgehead atoms. The molecule has 3 N–H and O–H groups in total. The fourth-order valence-corrected chi connectivity index (χ4v) is 4.55. The van der Waals surface area contributed by atoms with Crippen LogP contribution in [0.15, 0.2) is 24.3 Å². The van der Waals surface area contributed by atoms with Gasteiger partial charge in [0.25, 0.3) is 0 Å². The topological polar surface area (TPSA) is 74.2 Å². The van der Waals surface area contributed by atoms with Crippen LogP contribution in [0.1, 0.15) is 24.0 Å². The molecule has 3 aliphatic rings. The molecule has 8 heteroatoms. The van der Waals surface area contributed by atoms with Crippen molar-refractivity contribution in [3.05, 3.63) is 35.4 Å². The van der Waals surface area contributed by atoms with E-state index >= 15 is 0 Å². The number of aliphatic hydroxyl groups excluding tert-OH is 2. The van der Waals surface area contributed by atoms with Crippen LogP contribution in [-0.4, -0.2) is 78.4 Å². The van der Waals surface area contributed by atoms with Crippen molar-refractivity contribution in [3.8, 4) is 0 Å². The summed E-state index contributed by atoms with van der Waals surface area (Å²) in [7, 11) is 0. The second-order valence-electron chi connectivity index (χ2n) is 7.66. The molecule has 2 saturated heterocycles. The van der Waals surface area contributed by atoms with Crippen LogP contribution < -0.4 is 5.32 Å². The van der Waals surface area contributed by atoms with Crippen LogP contribution >= 0.6 is 24.8 Å². The zero-order valence-corrected chi connectivity index (χ0v) is 17.7. The van der Waals surface area contributed by atoms with Crippen molar-refractivity contribution in [2.24, 2.45) is 0 Å². The number of benzene rings is 1. The summed E-state index contributed by atoms with van der Waals surface area (Å²) in [4.78, 5) is 2.33. The number of fused-ring (bicyclic) bond motifs is 1. The molecule has 4 rings (SSSR count). The van der Waals surface area contributed by atoms with E-state index in [0.717, 1.165) is 45.6 Å². The summed E-state index contributed by atoms with van der Waals surface area (Å²) in [6.07, 6.45) is 1.74. The summed E-state index contributed by atoms with van der Waals surface area (Å²) < 4.78 is 11.5. The summed E-state index contributed by atoms with van der Waals surface area (Å²) in [5.74, 6) is 0. The molecule has 3 aliphatic heterocycles. The van der Waals surface area contributed by atoms with Gasteiger partial charge in [0.05, 0.1) is 18.8 Å². The number of hydrogen-bond donors (Lipinski definition) is 3. The highest BCUT2D eigenvalue weighted by atomic mass is 35.5. The molecule has 6 nitrogen and oxygen atoms in total. The van der Waals surface area contributed by atoms with E-state index in [4.69, 9.17) is 9.47 Å². The molecule has 28 heavy (non-hydrogen) atoms. The van der Waals surface area contributed by atoms with E-state index in [-0.39, 0.29) is 43.6 Å². The van der Waals surface area contributed by atoms with Gasteiger partial charge in [0.2, 0.25) is 0 Å². The van der Waals surface area contributed by atoms with Gasteiger partial charge in [-0.25, -0.2) is 0 Å². The van der Waals surface area contributed by atoms with Crippen molar-refractivity contribution in [3.63, 3.8) is 0 Å². The van der Waals surface area contributed by atoms with Crippen LogP contribution in [0.3, 0.4) is 0 Å². The minimum atomic E-state index is -0.660. The van der Waals surface area contributed by atoms with Crippen molar-refractivity contribution in [2.45, 2.75) is 56.2 Å². The normalized spacial score (nSPS) is 30.9. The lowest BCUT2D eigenvalue weighted by molar-refractivity contribution is -0.0229. The lowest BCUT2D eigenvalue weighted by atomic mass is 9.95. The Bertz CT molecular complexity index is 603. The first-order valence-corrected chi connectivity index (χ1v) is 9.82. The van der Waals surface area contributed by atoms with Crippen LogP contribution in [0.25, 0.3) is 0 Å². The van der Waals surface area contributed by atoms with Gasteiger partial charge < -0.3 is 25.0 Å². The van der Waals surface area contributed by atoms with Gasteiger partial charge in [0.15, 0.2) is 0 Å². The SMILES string of the molecule is Cl.Cl.OC[C@@H]1O[C@H](CNC2CCOCC2)[C@H](N2CCc3ccccc3C2)[C@@H]1O. The highest BCUT2D eigenvalue weighted by Gasteiger charge is 2.46. The lowest BCUT2D eigenvalue weighted by Gasteiger charge is -2.37. The van der Waals surface area contributed by atoms with Crippen LogP contribution in [0.5, 0.6) is 0 Å². The average Bonchev–Trinajstić information content (AvgIpc) is 3.02. The second kappa shape index (κ2) is 11.1. The van der Waals surface area contributed by atoms with E-state index < -0.39 is 12.2 Å². The summed E-state index contributed by atoms with van der Waals surface area (Å²) in [6.45, 7) is 3.90. The van der Waals surface area contributed by atoms with Crippen LogP contribution in [0, 0.1) is 0 Å². The Labute approximate surface area is 179 Å². The van der Waals surface area contributed by atoms with Gasteiger partial charge >= 0.3 is 0 Å². The molecular weight excluding hydrogens is 403 g/mol. The number of halogens is 2. The maximum atomic E-state index is 10.8. The van der Waals surface area contributed by atoms with Crippen LogP contribution in [-0.2, 0) is 22.4 Å². The van der Waals surface area contributed by atoms with Crippen molar-refractivity contribution >= 4 is 24.8 Å². The Balaban J connectivity index is 0.00000140. The molecule has 0 unspecified atom stereocenters. The Kier molecular flexibility index (Phi) is 9.44. The minimum absolute atomic E-state index is 0. The second-order valence-corrected chi connectivity index (χ2v) is 7.66. The monoisotopic (exact) mass is 434 g/mol. The molecule has 160 valence electrons. The zero-order chi connectivity index (χ0) is 17.9. The molecule has 0 amide bonds. The van der Waals surface area contributed by atoms with Crippen molar-refractivity contribution < 1.29 is 19.7 Å². The molecular formula is C20H32Cl2N2O4. The van der Waals surface area contributed by atoms with E-state index in [9.17, 15) is 10.2 Å². The van der Waals surface area contributed by atoms with E-state index in [2.05, 4.69) is 34.5 Å². The fourth-order valence-electron chi connectivity index (χ4n) is 4.55. The maximum Gasteiger partial charge on any atom is 0.109 e. The molecule has 0 spiro atoms. The van der Waals surface area contributed by atoms with E-state index in [1.165, 1.54) is 11.1 Å². The molecule has 2 fully saturated rings. The predicted molar refractivity (Wildman–Crippen MR) is 112 cm³/mol. The number of aliphatic hydroxyl groups is 2. The average molecular weight is 435 g/mol. The molecule has 1 aromatic rings. The summed E-state index contributed by atoms with van der Waals surface area (Å²) in [6, 6.07) is 8.88. The molecule has 3 heterocycles. The zero-order valence-electron chi connectivity index (χ0n) is 16.0. The third-order valence-corrected chi connectivity index (χ3v) is 6.05. The highest BCUT2D eigenvalue weighted by molar-refractivity contribution is 5.85. The Morgan fingerprint density at radius 1 is 1.07 bits per heavy atom. The fraction of sp³-hybridized carbons (Fsp3) is 0.700. The number of ether oxygens (including phenoxy) is 2. The first kappa shape index (κ1) is 23.8. The molecule has 0 radical (unpaired) electrons. The molecule has 0 saturated carbocycles. The lowest BCUT2D eigenvalue weighted by Crippen LogP contribution is -2.53. The Hall–Kier alpha value is -0.440. The van der Waals surface area contributed by atoms with E-state index in [1.54, 1.807) is 0 Å². The van der Waals surface area contributed by atoms with E-state index in [1.807, 2.05) is 0 Å². The van der Waals surface area contributed by atoms with Gasteiger partial charge in [-0.2, -0.15) is 0 Å². The molecule has 0 aliphatic carbocycles. The van der Waals surface area contributed by atoms with Gasteiger partial charge in [0.1, 0.15) is 12.2 Å². The summed E-state index contributed by atoms with van der Waals surface area (Å²) in [5, 5.41) is 24.0. The number of rotatable bonds is 5. The largest absolute Gasteiger partial charge is 0.394 e. The van der Waals surface area contributed by atoms with E-state index in [0.29, 0.717) is 12.6 Å². The summed E-state index contributed by atoms with van der Waals surface area (Å²) >= 11 is 0. The molecule has 0 aromatic heterocycles. The first-order chi connectivity index (χ1) is 12.8. The van der Waals surface area contributed by atoms with Gasteiger partial charge in [-0.15, -0.1) is 24.8 Å².